The van der Waals surface area contributed by atoms with Gasteiger partial charge in [-0.05, 0) is 62.8 Å². The Balaban J connectivity index is 1.69. The van der Waals surface area contributed by atoms with Crippen molar-refractivity contribution in [1.82, 2.24) is 9.97 Å². The maximum absolute atomic E-state index is 4.49. The molecule has 126 valence electrons. The lowest BCUT2D eigenvalue weighted by atomic mass is 10.1. The quantitative estimate of drug-likeness (QED) is 0.391. The van der Waals surface area contributed by atoms with Crippen LogP contribution in [0, 0.1) is 0 Å². The van der Waals surface area contributed by atoms with Gasteiger partial charge >= 0.3 is 0 Å². The molecule has 0 N–H and O–H groups in total. The highest BCUT2D eigenvalue weighted by Gasteiger charge is 1.98. The molecule has 0 spiro atoms. The summed E-state index contributed by atoms with van der Waals surface area (Å²) >= 11 is 0. The smallest absolute Gasteiger partial charge is 0.0886 e. The highest BCUT2D eigenvalue weighted by atomic mass is 14.8. The zero-order valence-electron chi connectivity index (χ0n) is 14.9. The topological polar surface area (TPSA) is 25.8 Å². The first-order valence-electron chi connectivity index (χ1n) is 8.99. The van der Waals surface area contributed by atoms with E-state index in [0.29, 0.717) is 0 Å². The Kier molecular flexibility index (Phi) is 7.96. The van der Waals surface area contributed by atoms with E-state index in [0.717, 1.165) is 23.4 Å². The van der Waals surface area contributed by atoms with E-state index in [4.69, 9.17) is 0 Å². The van der Waals surface area contributed by atoms with Crippen molar-refractivity contribution in [3.05, 3.63) is 66.0 Å². The summed E-state index contributed by atoms with van der Waals surface area (Å²) in [5.74, 6) is 0. The van der Waals surface area contributed by atoms with E-state index in [2.05, 4.69) is 48.1 Å². The van der Waals surface area contributed by atoms with Crippen LogP contribution >= 0.6 is 0 Å². The van der Waals surface area contributed by atoms with Crippen LogP contribution in [-0.2, 0) is 0 Å². The number of hydrogen-bond acceptors (Lipinski definition) is 2. The highest BCUT2D eigenvalue weighted by molar-refractivity contribution is 5.57. The molecule has 0 saturated carbocycles. The van der Waals surface area contributed by atoms with E-state index in [9.17, 15) is 0 Å². The number of aromatic nitrogens is 2. The molecule has 2 heteroatoms. The van der Waals surface area contributed by atoms with E-state index >= 15 is 0 Å². The predicted octanol–water partition coefficient (Wildman–Crippen LogP) is 6.46. The standard InChI is InChI=1S/C22H28N2/c1-3-19(2)12-8-6-4-5-7-9-13-20-15-16-22(24-18-20)21-14-10-11-17-23-21/h9-18H,3-8H2,1-2H3/b13-9+,19-12+. The molecule has 2 aromatic heterocycles. The highest BCUT2D eigenvalue weighted by Crippen LogP contribution is 2.14. The second-order valence-electron chi connectivity index (χ2n) is 6.14. The fraction of sp³-hybridized carbons (Fsp3) is 0.364. The molecule has 0 bridgehead atoms. The van der Waals surface area contributed by atoms with Gasteiger partial charge in [0, 0.05) is 12.4 Å². The predicted molar refractivity (Wildman–Crippen MR) is 104 cm³/mol. The van der Waals surface area contributed by atoms with E-state index in [-0.39, 0.29) is 0 Å². The van der Waals surface area contributed by atoms with Crippen LogP contribution in [0.15, 0.2) is 60.5 Å². The second-order valence-corrected chi connectivity index (χ2v) is 6.14. The molecule has 0 saturated heterocycles. The van der Waals surface area contributed by atoms with Gasteiger partial charge in [0.2, 0.25) is 0 Å². The monoisotopic (exact) mass is 320 g/mol. The van der Waals surface area contributed by atoms with Crippen LogP contribution in [0.2, 0.25) is 0 Å². The first kappa shape index (κ1) is 18.1. The minimum atomic E-state index is 0.917. The summed E-state index contributed by atoms with van der Waals surface area (Å²) in [5, 5.41) is 0. The van der Waals surface area contributed by atoms with Gasteiger partial charge in [0.25, 0.3) is 0 Å². The second kappa shape index (κ2) is 10.5. The van der Waals surface area contributed by atoms with Gasteiger partial charge in [-0.1, -0.05) is 49.3 Å². The molecular formula is C22H28N2. The van der Waals surface area contributed by atoms with Gasteiger partial charge in [0.05, 0.1) is 11.4 Å². The molecule has 0 unspecified atom stereocenters. The molecule has 0 aromatic carbocycles. The summed E-state index contributed by atoms with van der Waals surface area (Å²) in [6.07, 6.45) is 17.9. The number of pyridine rings is 2. The average molecular weight is 320 g/mol. The summed E-state index contributed by atoms with van der Waals surface area (Å²) in [7, 11) is 0. The average Bonchev–Trinajstić information content (AvgIpc) is 2.65. The van der Waals surface area contributed by atoms with Gasteiger partial charge in [-0.25, -0.2) is 0 Å². The lowest BCUT2D eigenvalue weighted by Crippen LogP contribution is -1.86. The Morgan fingerprint density at radius 1 is 0.958 bits per heavy atom. The number of unbranched alkanes of at least 4 members (excludes halogenated alkanes) is 4. The molecule has 24 heavy (non-hydrogen) atoms. The first-order chi connectivity index (χ1) is 11.8. The van der Waals surface area contributed by atoms with Gasteiger partial charge in [-0.15, -0.1) is 0 Å². The Bertz CT molecular complexity index is 639. The van der Waals surface area contributed by atoms with Crippen LogP contribution in [0.3, 0.4) is 0 Å². The molecule has 0 aliphatic heterocycles. The van der Waals surface area contributed by atoms with E-state index in [1.54, 1.807) is 6.20 Å². The van der Waals surface area contributed by atoms with Crippen LogP contribution in [0.25, 0.3) is 17.5 Å². The number of allylic oxidation sites excluding steroid dienone is 3. The Morgan fingerprint density at radius 2 is 1.79 bits per heavy atom. The number of hydrogen-bond donors (Lipinski definition) is 0. The van der Waals surface area contributed by atoms with Crippen molar-refractivity contribution in [2.45, 2.75) is 52.4 Å². The minimum Gasteiger partial charge on any atom is -0.255 e. The van der Waals surface area contributed by atoms with Crippen molar-refractivity contribution in [2.24, 2.45) is 0 Å². The lowest BCUT2D eigenvalue weighted by molar-refractivity contribution is 0.694. The van der Waals surface area contributed by atoms with Crippen LogP contribution in [0.4, 0.5) is 0 Å². The maximum atomic E-state index is 4.49. The van der Waals surface area contributed by atoms with Gasteiger partial charge in [0.1, 0.15) is 0 Å². The number of rotatable bonds is 9. The SMILES string of the molecule is CC/C(C)=C/CCCCC/C=C/c1ccc(-c2ccccn2)nc1. The third-order valence-corrected chi connectivity index (χ3v) is 4.15. The van der Waals surface area contributed by atoms with Crippen LogP contribution < -0.4 is 0 Å². The molecule has 0 fully saturated rings. The molecule has 2 heterocycles. The summed E-state index contributed by atoms with van der Waals surface area (Å²) in [6.45, 7) is 4.43. The zero-order valence-corrected chi connectivity index (χ0v) is 14.9. The fourth-order valence-electron chi connectivity index (χ4n) is 2.47. The molecule has 2 rings (SSSR count). The maximum Gasteiger partial charge on any atom is 0.0886 e. The van der Waals surface area contributed by atoms with Gasteiger partial charge in [0.15, 0.2) is 0 Å². The van der Waals surface area contributed by atoms with Gasteiger partial charge in [-0.2, -0.15) is 0 Å². The normalized spacial score (nSPS) is 12.0. The van der Waals surface area contributed by atoms with E-state index < -0.39 is 0 Å². The van der Waals surface area contributed by atoms with Crippen molar-refractivity contribution in [3.63, 3.8) is 0 Å². The van der Waals surface area contributed by atoms with Crippen molar-refractivity contribution in [2.75, 3.05) is 0 Å². The van der Waals surface area contributed by atoms with Crippen molar-refractivity contribution in [1.29, 1.82) is 0 Å². The summed E-state index contributed by atoms with van der Waals surface area (Å²) in [4.78, 5) is 8.81. The van der Waals surface area contributed by atoms with Gasteiger partial charge < -0.3 is 0 Å². The van der Waals surface area contributed by atoms with E-state index in [1.165, 1.54) is 37.7 Å². The number of nitrogens with zero attached hydrogens (tertiary/aromatic N) is 2. The van der Waals surface area contributed by atoms with Crippen molar-refractivity contribution >= 4 is 6.08 Å². The van der Waals surface area contributed by atoms with Crippen molar-refractivity contribution in [3.8, 4) is 11.4 Å². The summed E-state index contributed by atoms with van der Waals surface area (Å²) in [5.41, 5.74) is 4.50. The fourth-order valence-corrected chi connectivity index (χ4v) is 2.47. The van der Waals surface area contributed by atoms with Crippen LogP contribution in [0.5, 0.6) is 0 Å². The molecule has 0 aliphatic rings. The molecule has 0 atom stereocenters. The Hall–Kier alpha value is -2.22. The third kappa shape index (κ3) is 6.49. The van der Waals surface area contributed by atoms with Gasteiger partial charge in [-0.3, -0.25) is 9.97 Å². The third-order valence-electron chi connectivity index (χ3n) is 4.15. The zero-order chi connectivity index (χ0) is 17.0. The van der Waals surface area contributed by atoms with Crippen LogP contribution in [0.1, 0.15) is 57.9 Å². The Labute approximate surface area is 146 Å². The first-order valence-corrected chi connectivity index (χ1v) is 8.99. The Morgan fingerprint density at radius 3 is 2.50 bits per heavy atom. The molecule has 0 aliphatic carbocycles. The molecule has 0 amide bonds. The van der Waals surface area contributed by atoms with Crippen LogP contribution in [-0.4, -0.2) is 9.97 Å². The molecule has 0 radical (unpaired) electrons. The minimum absolute atomic E-state index is 0.917. The molecular weight excluding hydrogens is 292 g/mol. The lowest BCUT2D eigenvalue weighted by Gasteiger charge is -2.00. The van der Waals surface area contributed by atoms with E-state index in [1.807, 2.05) is 30.5 Å². The summed E-state index contributed by atoms with van der Waals surface area (Å²) in [6, 6.07) is 10.0. The summed E-state index contributed by atoms with van der Waals surface area (Å²) < 4.78 is 0. The molecule has 2 aromatic rings. The largest absolute Gasteiger partial charge is 0.255 e. The van der Waals surface area contributed by atoms with Crippen molar-refractivity contribution < 1.29 is 0 Å². The molecule has 2 nitrogen and oxygen atoms in total.